The summed E-state index contributed by atoms with van der Waals surface area (Å²) in [4.78, 5) is 18.9. The molecule has 1 aromatic rings. The van der Waals surface area contributed by atoms with Crippen molar-refractivity contribution in [3.63, 3.8) is 0 Å². The van der Waals surface area contributed by atoms with Crippen molar-refractivity contribution in [3.05, 3.63) is 29.8 Å². The maximum absolute atomic E-state index is 12.3. The number of nitrogen functional groups attached to an aromatic ring is 1. The lowest BCUT2D eigenvalue weighted by atomic mass is 10.1. The lowest BCUT2D eigenvalue weighted by Crippen LogP contribution is -2.50. The number of amides is 1. The van der Waals surface area contributed by atoms with E-state index >= 15 is 0 Å². The standard InChI is InChI=1S/C16H26N4O/c1-18(2)7-8-19-9-11-20(12-10-19)16(21)13-14-3-5-15(17)6-4-14/h3-6H,7-13,17H2,1-2H3. The molecule has 0 bridgehead atoms. The predicted octanol–water partition coefficient (Wildman–Crippen LogP) is 0.517. The van der Waals surface area contributed by atoms with E-state index in [-0.39, 0.29) is 5.91 Å². The van der Waals surface area contributed by atoms with Gasteiger partial charge in [0.25, 0.3) is 0 Å². The summed E-state index contributed by atoms with van der Waals surface area (Å²) in [6, 6.07) is 7.56. The van der Waals surface area contributed by atoms with Gasteiger partial charge in [0.15, 0.2) is 0 Å². The van der Waals surface area contributed by atoms with Crippen LogP contribution in [-0.4, -0.2) is 74.0 Å². The van der Waals surface area contributed by atoms with E-state index in [4.69, 9.17) is 5.73 Å². The average molecular weight is 290 g/mol. The van der Waals surface area contributed by atoms with Crippen molar-refractivity contribution in [2.45, 2.75) is 6.42 Å². The molecule has 0 unspecified atom stereocenters. The molecule has 0 spiro atoms. The quantitative estimate of drug-likeness (QED) is 0.803. The molecule has 0 saturated carbocycles. The molecule has 1 saturated heterocycles. The van der Waals surface area contributed by atoms with Crippen molar-refractivity contribution >= 4 is 11.6 Å². The van der Waals surface area contributed by atoms with Crippen LogP contribution >= 0.6 is 0 Å². The summed E-state index contributed by atoms with van der Waals surface area (Å²) in [5, 5.41) is 0. The van der Waals surface area contributed by atoms with Gasteiger partial charge in [0, 0.05) is 45.0 Å². The molecule has 1 aliphatic heterocycles. The molecule has 5 heteroatoms. The summed E-state index contributed by atoms with van der Waals surface area (Å²) >= 11 is 0. The van der Waals surface area contributed by atoms with Crippen molar-refractivity contribution in [2.24, 2.45) is 0 Å². The summed E-state index contributed by atoms with van der Waals surface area (Å²) in [7, 11) is 4.18. The Hall–Kier alpha value is -1.59. The third-order valence-corrected chi connectivity index (χ3v) is 3.92. The number of piperazine rings is 1. The normalized spacial score (nSPS) is 16.4. The first-order valence-corrected chi connectivity index (χ1v) is 7.54. The zero-order chi connectivity index (χ0) is 15.2. The second-order valence-corrected chi connectivity index (χ2v) is 5.94. The highest BCUT2D eigenvalue weighted by Gasteiger charge is 2.20. The summed E-state index contributed by atoms with van der Waals surface area (Å²) in [6.45, 7) is 5.76. The highest BCUT2D eigenvalue weighted by atomic mass is 16.2. The molecule has 2 N–H and O–H groups in total. The van der Waals surface area contributed by atoms with Crippen molar-refractivity contribution in [1.82, 2.24) is 14.7 Å². The number of carbonyl (C=O) groups is 1. The van der Waals surface area contributed by atoms with E-state index in [0.717, 1.165) is 50.5 Å². The van der Waals surface area contributed by atoms with E-state index in [1.807, 2.05) is 29.2 Å². The van der Waals surface area contributed by atoms with Crippen LogP contribution in [0.3, 0.4) is 0 Å². The van der Waals surface area contributed by atoms with Gasteiger partial charge in [0.2, 0.25) is 5.91 Å². The van der Waals surface area contributed by atoms with Crippen LogP contribution in [0.25, 0.3) is 0 Å². The Morgan fingerprint density at radius 3 is 2.33 bits per heavy atom. The topological polar surface area (TPSA) is 52.8 Å². The summed E-state index contributed by atoms with van der Waals surface area (Å²) in [5.74, 6) is 0.215. The lowest BCUT2D eigenvalue weighted by molar-refractivity contribution is -0.132. The fourth-order valence-corrected chi connectivity index (χ4v) is 2.48. The molecule has 1 amide bonds. The molecule has 0 aliphatic carbocycles. The summed E-state index contributed by atoms with van der Waals surface area (Å²) < 4.78 is 0. The van der Waals surface area contributed by atoms with Gasteiger partial charge in [-0.05, 0) is 31.8 Å². The van der Waals surface area contributed by atoms with Crippen molar-refractivity contribution < 1.29 is 4.79 Å². The van der Waals surface area contributed by atoms with E-state index in [9.17, 15) is 4.79 Å². The Labute approximate surface area is 127 Å². The molecule has 1 aromatic carbocycles. The first-order valence-electron chi connectivity index (χ1n) is 7.54. The molecule has 1 heterocycles. The Balaban J connectivity index is 1.76. The minimum absolute atomic E-state index is 0.215. The van der Waals surface area contributed by atoms with Crippen LogP contribution in [0.15, 0.2) is 24.3 Å². The Morgan fingerprint density at radius 1 is 1.14 bits per heavy atom. The van der Waals surface area contributed by atoms with Gasteiger partial charge in [-0.15, -0.1) is 0 Å². The minimum atomic E-state index is 0.215. The Morgan fingerprint density at radius 2 is 1.76 bits per heavy atom. The van der Waals surface area contributed by atoms with Crippen LogP contribution in [0, 0.1) is 0 Å². The van der Waals surface area contributed by atoms with Crippen LogP contribution in [-0.2, 0) is 11.2 Å². The van der Waals surface area contributed by atoms with Gasteiger partial charge in [-0.2, -0.15) is 0 Å². The van der Waals surface area contributed by atoms with Gasteiger partial charge in [-0.3, -0.25) is 9.69 Å². The van der Waals surface area contributed by atoms with Gasteiger partial charge < -0.3 is 15.5 Å². The number of carbonyl (C=O) groups excluding carboxylic acids is 1. The average Bonchev–Trinajstić information content (AvgIpc) is 2.48. The van der Waals surface area contributed by atoms with Crippen molar-refractivity contribution in [3.8, 4) is 0 Å². The fraction of sp³-hybridized carbons (Fsp3) is 0.562. The number of likely N-dealkylation sites (N-methyl/N-ethyl adjacent to an activating group) is 1. The first kappa shape index (κ1) is 15.8. The molecular weight excluding hydrogens is 264 g/mol. The lowest BCUT2D eigenvalue weighted by Gasteiger charge is -2.35. The molecule has 5 nitrogen and oxygen atoms in total. The minimum Gasteiger partial charge on any atom is -0.399 e. The smallest absolute Gasteiger partial charge is 0.227 e. The molecule has 21 heavy (non-hydrogen) atoms. The van der Waals surface area contributed by atoms with E-state index < -0.39 is 0 Å². The molecular formula is C16H26N4O. The van der Waals surface area contributed by atoms with Gasteiger partial charge >= 0.3 is 0 Å². The fourth-order valence-electron chi connectivity index (χ4n) is 2.48. The monoisotopic (exact) mass is 290 g/mol. The molecule has 0 atom stereocenters. The Bertz CT molecular complexity index is 450. The maximum Gasteiger partial charge on any atom is 0.227 e. The van der Waals surface area contributed by atoms with Crippen LogP contribution in [0.2, 0.25) is 0 Å². The SMILES string of the molecule is CN(C)CCN1CCN(C(=O)Cc2ccc(N)cc2)CC1. The number of nitrogens with two attached hydrogens (primary N) is 1. The number of hydrogen-bond acceptors (Lipinski definition) is 4. The number of rotatable bonds is 5. The number of hydrogen-bond donors (Lipinski definition) is 1. The third kappa shape index (κ3) is 5.02. The van der Waals surface area contributed by atoms with Gasteiger partial charge in [-0.25, -0.2) is 0 Å². The highest BCUT2D eigenvalue weighted by Crippen LogP contribution is 2.09. The second-order valence-electron chi connectivity index (χ2n) is 5.94. The molecule has 1 aliphatic rings. The number of nitrogens with zero attached hydrogens (tertiary/aromatic N) is 3. The highest BCUT2D eigenvalue weighted by molar-refractivity contribution is 5.79. The van der Waals surface area contributed by atoms with Gasteiger partial charge in [-0.1, -0.05) is 12.1 Å². The van der Waals surface area contributed by atoms with E-state index in [2.05, 4.69) is 23.9 Å². The van der Waals surface area contributed by atoms with Crippen molar-refractivity contribution in [1.29, 1.82) is 0 Å². The van der Waals surface area contributed by atoms with Crippen molar-refractivity contribution in [2.75, 3.05) is 59.1 Å². The second kappa shape index (κ2) is 7.43. The number of benzene rings is 1. The molecule has 0 aromatic heterocycles. The third-order valence-electron chi connectivity index (χ3n) is 3.92. The summed E-state index contributed by atoms with van der Waals surface area (Å²) in [5.41, 5.74) is 7.43. The van der Waals surface area contributed by atoms with E-state index in [0.29, 0.717) is 6.42 Å². The van der Waals surface area contributed by atoms with E-state index in [1.54, 1.807) is 0 Å². The van der Waals surface area contributed by atoms with Crippen LogP contribution < -0.4 is 5.73 Å². The van der Waals surface area contributed by atoms with E-state index in [1.165, 1.54) is 0 Å². The van der Waals surface area contributed by atoms with Crippen LogP contribution in [0.1, 0.15) is 5.56 Å². The zero-order valence-electron chi connectivity index (χ0n) is 13.1. The molecule has 1 fully saturated rings. The molecule has 2 rings (SSSR count). The zero-order valence-corrected chi connectivity index (χ0v) is 13.1. The molecule has 116 valence electrons. The first-order chi connectivity index (χ1) is 10.0. The predicted molar refractivity (Wildman–Crippen MR) is 86.1 cm³/mol. The maximum atomic E-state index is 12.3. The Kier molecular flexibility index (Phi) is 5.59. The van der Waals surface area contributed by atoms with Crippen LogP contribution in [0.5, 0.6) is 0 Å². The van der Waals surface area contributed by atoms with Crippen LogP contribution in [0.4, 0.5) is 5.69 Å². The summed E-state index contributed by atoms with van der Waals surface area (Å²) in [6.07, 6.45) is 0.470. The number of anilines is 1. The largest absolute Gasteiger partial charge is 0.399 e. The molecule has 0 radical (unpaired) electrons. The van der Waals surface area contributed by atoms with Gasteiger partial charge in [0.1, 0.15) is 0 Å². The van der Waals surface area contributed by atoms with Gasteiger partial charge in [0.05, 0.1) is 6.42 Å².